The van der Waals surface area contributed by atoms with Gasteiger partial charge < -0.3 is 5.32 Å². The van der Waals surface area contributed by atoms with Crippen LogP contribution < -0.4 is 5.32 Å². The summed E-state index contributed by atoms with van der Waals surface area (Å²) >= 11 is 1.70. The molecule has 2 heterocycles. The maximum atomic E-state index is 12.4. The number of nitrogens with one attached hydrogen (secondary N) is 1. The molecule has 7 heteroatoms. The topological polar surface area (TPSA) is 72.2 Å². The van der Waals surface area contributed by atoms with Gasteiger partial charge in [-0.05, 0) is 81.3 Å². The van der Waals surface area contributed by atoms with Gasteiger partial charge in [0.05, 0.1) is 6.42 Å². The highest BCUT2D eigenvalue weighted by molar-refractivity contribution is 7.99. The van der Waals surface area contributed by atoms with Gasteiger partial charge >= 0.3 is 0 Å². The lowest BCUT2D eigenvalue weighted by Gasteiger charge is -2.07. The van der Waals surface area contributed by atoms with Crippen LogP contribution in [0.15, 0.2) is 58.3 Å². The van der Waals surface area contributed by atoms with Gasteiger partial charge in [0.25, 0.3) is 5.78 Å². The van der Waals surface area contributed by atoms with Crippen LogP contribution in [-0.4, -0.2) is 25.5 Å². The van der Waals surface area contributed by atoms with E-state index in [4.69, 9.17) is 0 Å². The van der Waals surface area contributed by atoms with Gasteiger partial charge in [0, 0.05) is 26.9 Å². The summed E-state index contributed by atoms with van der Waals surface area (Å²) in [7, 11) is 0. The molecule has 152 valence electrons. The van der Waals surface area contributed by atoms with Crippen molar-refractivity contribution in [3.63, 3.8) is 0 Å². The standard InChI is InChI=1S/C23H23N5OS/c1-14-5-8-20(11-15(14)2)30-19-9-6-18(7-10-19)25-22(29)13-21-26-23-24-16(3)12-17(4)28(23)27-21/h5-12H,13H2,1-4H3,(H,25,29). The number of aromatic nitrogens is 4. The molecule has 30 heavy (non-hydrogen) atoms. The van der Waals surface area contributed by atoms with Crippen molar-refractivity contribution >= 4 is 29.1 Å². The SMILES string of the molecule is Cc1cc(C)n2nc(CC(=O)Nc3ccc(Sc4ccc(C)c(C)c4)cc3)nc2n1. The van der Waals surface area contributed by atoms with Crippen molar-refractivity contribution in [1.29, 1.82) is 0 Å². The maximum Gasteiger partial charge on any atom is 0.252 e. The zero-order valence-electron chi connectivity index (χ0n) is 17.4. The molecule has 4 rings (SSSR count). The largest absolute Gasteiger partial charge is 0.326 e. The average Bonchev–Trinajstić information content (AvgIpc) is 3.08. The number of carbonyl (C=O) groups excluding carboxylic acids is 1. The molecule has 1 amide bonds. The molecule has 0 fully saturated rings. The van der Waals surface area contributed by atoms with Gasteiger partial charge in [-0.15, -0.1) is 5.10 Å². The van der Waals surface area contributed by atoms with Crippen molar-refractivity contribution < 1.29 is 4.79 Å². The Morgan fingerprint density at radius 3 is 2.40 bits per heavy atom. The van der Waals surface area contributed by atoms with Crippen LogP contribution in [0, 0.1) is 27.7 Å². The molecule has 2 aromatic carbocycles. The number of nitrogens with zero attached hydrogens (tertiary/aromatic N) is 4. The number of fused-ring (bicyclic) bond motifs is 1. The molecule has 0 aliphatic carbocycles. The maximum absolute atomic E-state index is 12.4. The summed E-state index contributed by atoms with van der Waals surface area (Å²) in [5.41, 5.74) is 5.14. The van der Waals surface area contributed by atoms with Crippen LogP contribution in [0.25, 0.3) is 5.78 Å². The second-order valence-electron chi connectivity index (χ2n) is 7.38. The molecular formula is C23H23N5OS. The van der Waals surface area contributed by atoms with Gasteiger partial charge in [0.2, 0.25) is 5.91 Å². The van der Waals surface area contributed by atoms with Crippen LogP contribution >= 0.6 is 11.8 Å². The summed E-state index contributed by atoms with van der Waals surface area (Å²) in [5.74, 6) is 0.813. The number of amides is 1. The fraction of sp³-hybridized carbons (Fsp3) is 0.217. The number of carbonyl (C=O) groups is 1. The van der Waals surface area contributed by atoms with Gasteiger partial charge in [0.15, 0.2) is 5.82 Å². The second-order valence-corrected chi connectivity index (χ2v) is 8.52. The van der Waals surface area contributed by atoms with Gasteiger partial charge in [-0.3, -0.25) is 4.79 Å². The Morgan fingerprint density at radius 2 is 1.67 bits per heavy atom. The molecule has 0 aliphatic heterocycles. The summed E-state index contributed by atoms with van der Waals surface area (Å²) in [4.78, 5) is 23.5. The van der Waals surface area contributed by atoms with E-state index < -0.39 is 0 Å². The van der Waals surface area contributed by atoms with E-state index in [1.165, 1.54) is 16.0 Å². The molecule has 6 nitrogen and oxygen atoms in total. The summed E-state index contributed by atoms with van der Waals surface area (Å²) in [6, 6.07) is 16.2. The highest BCUT2D eigenvalue weighted by Gasteiger charge is 2.12. The van der Waals surface area contributed by atoms with Gasteiger partial charge in [-0.2, -0.15) is 4.98 Å². The Labute approximate surface area is 179 Å². The molecule has 0 spiro atoms. The van der Waals surface area contributed by atoms with E-state index in [9.17, 15) is 4.79 Å². The molecule has 0 bridgehead atoms. The Hall–Kier alpha value is -3.19. The number of benzene rings is 2. The van der Waals surface area contributed by atoms with Crippen LogP contribution in [0.3, 0.4) is 0 Å². The van der Waals surface area contributed by atoms with Gasteiger partial charge in [-0.1, -0.05) is 17.8 Å². The van der Waals surface area contributed by atoms with E-state index in [0.717, 1.165) is 22.0 Å². The van der Waals surface area contributed by atoms with Crippen molar-refractivity contribution in [2.45, 2.75) is 43.9 Å². The number of aryl methyl sites for hydroxylation is 4. The highest BCUT2D eigenvalue weighted by atomic mass is 32.2. The van der Waals surface area contributed by atoms with Crippen LogP contribution in [0.5, 0.6) is 0 Å². The minimum Gasteiger partial charge on any atom is -0.326 e. The zero-order chi connectivity index (χ0) is 21.3. The Kier molecular flexibility index (Phi) is 5.55. The first-order valence-electron chi connectivity index (χ1n) is 9.72. The van der Waals surface area contributed by atoms with Crippen molar-refractivity contribution in [3.05, 3.63) is 76.9 Å². The third kappa shape index (κ3) is 4.52. The minimum absolute atomic E-state index is 0.0982. The van der Waals surface area contributed by atoms with E-state index in [2.05, 4.69) is 52.4 Å². The van der Waals surface area contributed by atoms with Crippen LogP contribution in [0.1, 0.15) is 28.3 Å². The van der Waals surface area contributed by atoms with Crippen LogP contribution in [0.2, 0.25) is 0 Å². The summed E-state index contributed by atoms with van der Waals surface area (Å²) in [6.07, 6.45) is 0.0982. The normalized spacial score (nSPS) is 11.1. The van der Waals surface area contributed by atoms with E-state index in [-0.39, 0.29) is 12.3 Å². The lowest BCUT2D eigenvalue weighted by molar-refractivity contribution is -0.115. The number of rotatable bonds is 5. The predicted molar refractivity (Wildman–Crippen MR) is 119 cm³/mol. The highest BCUT2D eigenvalue weighted by Crippen LogP contribution is 2.29. The van der Waals surface area contributed by atoms with Crippen LogP contribution in [-0.2, 0) is 11.2 Å². The first-order chi connectivity index (χ1) is 14.4. The Balaban J connectivity index is 1.40. The lowest BCUT2D eigenvalue weighted by Crippen LogP contribution is -2.15. The lowest BCUT2D eigenvalue weighted by atomic mass is 10.1. The van der Waals surface area contributed by atoms with Crippen molar-refractivity contribution in [1.82, 2.24) is 19.6 Å². The van der Waals surface area contributed by atoms with Crippen molar-refractivity contribution in [2.75, 3.05) is 5.32 Å². The molecule has 2 aromatic heterocycles. The van der Waals surface area contributed by atoms with E-state index >= 15 is 0 Å². The van der Waals surface area contributed by atoms with Gasteiger partial charge in [-0.25, -0.2) is 9.50 Å². The van der Waals surface area contributed by atoms with E-state index in [1.807, 2.05) is 44.2 Å². The molecule has 0 radical (unpaired) electrons. The number of hydrogen-bond acceptors (Lipinski definition) is 5. The predicted octanol–water partition coefficient (Wildman–Crippen LogP) is 4.69. The Bertz CT molecular complexity index is 1230. The number of anilines is 1. The monoisotopic (exact) mass is 417 g/mol. The smallest absolute Gasteiger partial charge is 0.252 e. The van der Waals surface area contributed by atoms with Gasteiger partial charge in [0.1, 0.15) is 0 Å². The minimum atomic E-state index is -0.158. The summed E-state index contributed by atoms with van der Waals surface area (Å²) < 4.78 is 1.66. The average molecular weight is 418 g/mol. The summed E-state index contributed by atoms with van der Waals surface area (Å²) in [5, 5.41) is 7.30. The van der Waals surface area contributed by atoms with Crippen molar-refractivity contribution in [3.8, 4) is 0 Å². The Morgan fingerprint density at radius 1 is 0.933 bits per heavy atom. The van der Waals surface area contributed by atoms with Crippen LogP contribution in [0.4, 0.5) is 5.69 Å². The molecule has 1 N–H and O–H groups in total. The molecule has 0 saturated carbocycles. The fourth-order valence-electron chi connectivity index (χ4n) is 3.15. The molecule has 0 aliphatic rings. The van der Waals surface area contributed by atoms with Crippen molar-refractivity contribution in [2.24, 2.45) is 0 Å². The molecule has 0 saturated heterocycles. The molecule has 0 atom stereocenters. The zero-order valence-corrected chi connectivity index (χ0v) is 18.2. The van der Waals surface area contributed by atoms with E-state index in [1.54, 1.807) is 16.3 Å². The first-order valence-corrected chi connectivity index (χ1v) is 10.5. The quantitative estimate of drug-likeness (QED) is 0.510. The summed E-state index contributed by atoms with van der Waals surface area (Å²) in [6.45, 7) is 8.09. The molecule has 0 unspecified atom stereocenters. The fourth-order valence-corrected chi connectivity index (χ4v) is 4.07. The molecule has 4 aromatic rings. The second kappa shape index (κ2) is 8.28. The molecular weight excluding hydrogens is 394 g/mol. The third-order valence-corrected chi connectivity index (χ3v) is 5.83. The number of hydrogen-bond donors (Lipinski definition) is 1. The third-order valence-electron chi connectivity index (χ3n) is 4.83. The van der Waals surface area contributed by atoms with E-state index in [0.29, 0.717) is 11.6 Å². The first kappa shape index (κ1) is 20.1.